The van der Waals surface area contributed by atoms with Gasteiger partial charge in [-0.2, -0.15) is 0 Å². The Labute approximate surface area is 95.5 Å². The molecule has 1 aromatic carbocycles. The summed E-state index contributed by atoms with van der Waals surface area (Å²) in [4.78, 5) is 10.4. The van der Waals surface area contributed by atoms with E-state index in [9.17, 15) is 4.79 Å². The molecule has 1 aromatic rings. The molecule has 0 aromatic heterocycles. The van der Waals surface area contributed by atoms with Gasteiger partial charge in [-0.15, -0.1) is 0 Å². The van der Waals surface area contributed by atoms with Crippen LogP contribution in [0.15, 0.2) is 24.3 Å². The van der Waals surface area contributed by atoms with Crippen molar-refractivity contribution < 1.29 is 9.90 Å². The normalized spacial score (nSPS) is 12.4. The molecule has 1 rings (SSSR count). The van der Waals surface area contributed by atoms with Gasteiger partial charge >= 0.3 is 5.97 Å². The number of rotatable bonds is 6. The number of aliphatic carboxylic acids is 1. The number of carboxylic acids is 1. The summed E-state index contributed by atoms with van der Waals surface area (Å²) in [5, 5.41) is 11.7. The first-order chi connectivity index (χ1) is 7.59. The van der Waals surface area contributed by atoms with Gasteiger partial charge in [0.05, 0.1) is 0 Å². The first kappa shape index (κ1) is 12.7. The predicted octanol–water partition coefficient (Wildman–Crippen LogP) is 0.887. The van der Waals surface area contributed by atoms with Gasteiger partial charge in [-0.05, 0) is 25.5 Å². The van der Waals surface area contributed by atoms with Crippen molar-refractivity contribution in [2.75, 3.05) is 6.54 Å². The summed E-state index contributed by atoms with van der Waals surface area (Å²) in [7, 11) is 0. The molecule has 4 heteroatoms. The second-order valence-corrected chi connectivity index (χ2v) is 3.90. The minimum atomic E-state index is -0.947. The number of carbonyl (C=O) groups is 1. The van der Waals surface area contributed by atoms with Crippen LogP contribution in [0.4, 0.5) is 0 Å². The highest BCUT2D eigenvalue weighted by molar-refractivity contribution is 5.72. The van der Waals surface area contributed by atoms with Crippen LogP contribution >= 0.6 is 0 Å². The van der Waals surface area contributed by atoms with E-state index in [4.69, 9.17) is 10.8 Å². The molecule has 0 radical (unpaired) electrons. The Kier molecular flexibility index (Phi) is 4.95. The summed E-state index contributed by atoms with van der Waals surface area (Å²) >= 11 is 0. The van der Waals surface area contributed by atoms with Crippen molar-refractivity contribution in [3.63, 3.8) is 0 Å². The van der Waals surface area contributed by atoms with Gasteiger partial charge < -0.3 is 16.2 Å². The third-order valence-electron chi connectivity index (χ3n) is 2.40. The van der Waals surface area contributed by atoms with Crippen molar-refractivity contribution in [3.8, 4) is 0 Å². The molecule has 88 valence electrons. The number of carboxylic acid groups (broad SMARTS) is 1. The summed E-state index contributed by atoms with van der Waals surface area (Å²) in [5.74, 6) is -0.947. The van der Waals surface area contributed by atoms with E-state index in [1.165, 1.54) is 11.1 Å². The lowest BCUT2D eigenvalue weighted by atomic mass is 10.1. The van der Waals surface area contributed by atoms with Crippen molar-refractivity contribution >= 4 is 5.97 Å². The monoisotopic (exact) mass is 222 g/mol. The fourth-order valence-corrected chi connectivity index (χ4v) is 1.32. The second-order valence-electron chi connectivity index (χ2n) is 3.90. The summed E-state index contributed by atoms with van der Waals surface area (Å²) < 4.78 is 0. The van der Waals surface area contributed by atoms with Gasteiger partial charge in [0.1, 0.15) is 6.04 Å². The molecule has 0 saturated carbocycles. The van der Waals surface area contributed by atoms with Gasteiger partial charge in [-0.3, -0.25) is 4.79 Å². The van der Waals surface area contributed by atoms with Crippen molar-refractivity contribution in [1.82, 2.24) is 5.32 Å². The molecule has 0 heterocycles. The number of aryl methyl sites for hydroxylation is 1. The van der Waals surface area contributed by atoms with Crippen molar-refractivity contribution in [2.45, 2.75) is 25.9 Å². The smallest absolute Gasteiger partial charge is 0.320 e. The number of hydrogen-bond donors (Lipinski definition) is 3. The molecule has 4 nitrogen and oxygen atoms in total. The topological polar surface area (TPSA) is 75.3 Å². The molecular formula is C12H18N2O2. The Morgan fingerprint density at radius 2 is 2.06 bits per heavy atom. The Balaban J connectivity index is 2.21. The highest BCUT2D eigenvalue weighted by Crippen LogP contribution is 2.02. The van der Waals surface area contributed by atoms with Gasteiger partial charge in [0.2, 0.25) is 0 Å². The predicted molar refractivity (Wildman–Crippen MR) is 63.1 cm³/mol. The molecule has 0 amide bonds. The van der Waals surface area contributed by atoms with E-state index in [1.54, 1.807) is 0 Å². The molecule has 0 aliphatic rings. The lowest BCUT2D eigenvalue weighted by Crippen LogP contribution is -2.33. The maximum absolute atomic E-state index is 10.4. The molecule has 1 unspecified atom stereocenters. The van der Waals surface area contributed by atoms with Gasteiger partial charge in [0, 0.05) is 6.54 Å². The van der Waals surface area contributed by atoms with E-state index in [0.717, 1.165) is 6.54 Å². The minimum Gasteiger partial charge on any atom is -0.480 e. The summed E-state index contributed by atoms with van der Waals surface area (Å²) in [6.45, 7) is 3.40. The summed E-state index contributed by atoms with van der Waals surface area (Å²) in [5.41, 5.74) is 7.80. The molecule has 16 heavy (non-hydrogen) atoms. The SMILES string of the molecule is Cc1ccc(CNCCC(N)C(=O)O)cc1. The Hall–Kier alpha value is -1.39. The number of nitrogens with two attached hydrogens (primary N) is 1. The molecule has 0 aliphatic heterocycles. The zero-order valence-electron chi connectivity index (χ0n) is 9.44. The van der Waals surface area contributed by atoms with Gasteiger partial charge in [-0.25, -0.2) is 0 Å². The van der Waals surface area contributed by atoms with Crippen molar-refractivity contribution in [3.05, 3.63) is 35.4 Å². The fraction of sp³-hybridized carbons (Fsp3) is 0.417. The van der Waals surface area contributed by atoms with E-state index >= 15 is 0 Å². The molecular weight excluding hydrogens is 204 g/mol. The maximum atomic E-state index is 10.4. The van der Waals surface area contributed by atoms with Crippen molar-refractivity contribution in [2.24, 2.45) is 5.73 Å². The summed E-state index contributed by atoms with van der Waals surface area (Å²) in [6, 6.07) is 7.45. The third-order valence-corrected chi connectivity index (χ3v) is 2.40. The summed E-state index contributed by atoms with van der Waals surface area (Å²) in [6.07, 6.45) is 0.446. The molecule has 0 fully saturated rings. The van der Waals surface area contributed by atoms with Crippen LogP contribution in [0, 0.1) is 6.92 Å². The van der Waals surface area contributed by atoms with E-state index in [0.29, 0.717) is 13.0 Å². The maximum Gasteiger partial charge on any atom is 0.320 e. The van der Waals surface area contributed by atoms with Crippen LogP contribution in [0.2, 0.25) is 0 Å². The molecule has 0 aliphatic carbocycles. The average molecular weight is 222 g/mol. The average Bonchev–Trinajstić information content (AvgIpc) is 2.26. The molecule has 0 saturated heterocycles. The Bertz CT molecular complexity index is 335. The lowest BCUT2D eigenvalue weighted by Gasteiger charge is -2.08. The molecule has 1 atom stereocenters. The number of hydrogen-bond acceptors (Lipinski definition) is 3. The number of nitrogens with one attached hydrogen (secondary N) is 1. The zero-order chi connectivity index (χ0) is 12.0. The van der Waals surface area contributed by atoms with E-state index in [1.807, 2.05) is 6.92 Å². The second kappa shape index (κ2) is 6.25. The highest BCUT2D eigenvalue weighted by atomic mass is 16.4. The van der Waals surface area contributed by atoms with Crippen LogP contribution in [-0.4, -0.2) is 23.7 Å². The quantitative estimate of drug-likeness (QED) is 0.625. The Morgan fingerprint density at radius 3 is 2.62 bits per heavy atom. The van der Waals surface area contributed by atoms with E-state index < -0.39 is 12.0 Å². The zero-order valence-corrected chi connectivity index (χ0v) is 9.44. The highest BCUT2D eigenvalue weighted by Gasteiger charge is 2.09. The van der Waals surface area contributed by atoms with Crippen LogP contribution in [0.3, 0.4) is 0 Å². The van der Waals surface area contributed by atoms with Crippen LogP contribution in [-0.2, 0) is 11.3 Å². The molecule has 4 N–H and O–H groups in total. The standard InChI is InChI=1S/C12H18N2O2/c1-9-2-4-10(5-3-9)8-14-7-6-11(13)12(15)16/h2-5,11,14H,6-8,13H2,1H3,(H,15,16). The first-order valence-corrected chi connectivity index (χ1v) is 5.34. The molecule has 0 spiro atoms. The first-order valence-electron chi connectivity index (χ1n) is 5.34. The Morgan fingerprint density at radius 1 is 1.44 bits per heavy atom. The van der Waals surface area contributed by atoms with Crippen LogP contribution < -0.4 is 11.1 Å². The fourth-order valence-electron chi connectivity index (χ4n) is 1.32. The van der Waals surface area contributed by atoms with Crippen LogP contribution in [0.25, 0.3) is 0 Å². The van der Waals surface area contributed by atoms with E-state index in [2.05, 4.69) is 29.6 Å². The van der Waals surface area contributed by atoms with Crippen molar-refractivity contribution in [1.29, 1.82) is 0 Å². The largest absolute Gasteiger partial charge is 0.480 e. The molecule has 0 bridgehead atoms. The third kappa shape index (κ3) is 4.42. The van der Waals surface area contributed by atoms with Gasteiger partial charge in [-0.1, -0.05) is 29.8 Å². The van der Waals surface area contributed by atoms with E-state index in [-0.39, 0.29) is 0 Å². The van der Waals surface area contributed by atoms with Gasteiger partial charge in [0.15, 0.2) is 0 Å². The number of benzene rings is 1. The van der Waals surface area contributed by atoms with Gasteiger partial charge in [0.25, 0.3) is 0 Å². The lowest BCUT2D eigenvalue weighted by molar-refractivity contribution is -0.138. The minimum absolute atomic E-state index is 0.446. The van der Waals surface area contributed by atoms with Crippen LogP contribution in [0.5, 0.6) is 0 Å². The van der Waals surface area contributed by atoms with Crippen LogP contribution in [0.1, 0.15) is 17.5 Å².